The van der Waals surface area contributed by atoms with Crippen LogP contribution >= 0.6 is 11.6 Å². The zero-order chi connectivity index (χ0) is 12.7. The van der Waals surface area contributed by atoms with Crippen molar-refractivity contribution in [2.24, 2.45) is 0 Å². The van der Waals surface area contributed by atoms with Crippen LogP contribution in [0.2, 0.25) is 5.02 Å². The predicted molar refractivity (Wildman–Crippen MR) is 69.4 cm³/mol. The van der Waals surface area contributed by atoms with E-state index < -0.39 is 5.97 Å². The molecule has 0 heterocycles. The van der Waals surface area contributed by atoms with Gasteiger partial charge in [0.05, 0.1) is 0 Å². The second-order valence-electron chi connectivity index (χ2n) is 3.60. The van der Waals surface area contributed by atoms with Gasteiger partial charge in [-0.3, -0.25) is 4.79 Å². The Morgan fingerprint density at radius 1 is 1.53 bits per heavy atom. The number of carboxylic acid groups (broad SMARTS) is 1. The van der Waals surface area contributed by atoms with E-state index in [-0.39, 0.29) is 6.54 Å². The summed E-state index contributed by atoms with van der Waals surface area (Å²) in [6, 6.07) is 7.14. The zero-order valence-electron chi connectivity index (χ0n) is 9.40. The van der Waals surface area contributed by atoms with Gasteiger partial charge in [-0.2, -0.15) is 0 Å². The average molecular weight is 252 g/mol. The maximum absolute atomic E-state index is 10.8. The van der Waals surface area contributed by atoms with Gasteiger partial charge in [-0.25, -0.2) is 0 Å². The van der Waals surface area contributed by atoms with E-state index in [1.54, 1.807) is 23.1 Å². The van der Waals surface area contributed by atoms with E-state index in [0.29, 0.717) is 18.0 Å². The number of aliphatic carboxylic acids is 1. The van der Waals surface area contributed by atoms with E-state index in [0.717, 1.165) is 12.1 Å². The van der Waals surface area contributed by atoms with Crippen molar-refractivity contribution in [3.63, 3.8) is 0 Å². The van der Waals surface area contributed by atoms with Crippen LogP contribution in [0.5, 0.6) is 0 Å². The van der Waals surface area contributed by atoms with Crippen LogP contribution in [0.15, 0.2) is 24.3 Å². The summed E-state index contributed by atoms with van der Waals surface area (Å²) in [5, 5.41) is 9.45. The van der Waals surface area contributed by atoms with Crippen molar-refractivity contribution in [1.29, 1.82) is 0 Å². The lowest BCUT2D eigenvalue weighted by molar-refractivity contribution is -0.135. The summed E-state index contributed by atoms with van der Waals surface area (Å²) in [5.74, 6) is 1.67. The highest BCUT2D eigenvalue weighted by Crippen LogP contribution is 2.19. The monoisotopic (exact) mass is 251 g/mol. The molecule has 90 valence electrons. The van der Waals surface area contributed by atoms with Gasteiger partial charge in [0, 0.05) is 23.7 Å². The molecule has 0 unspecified atom stereocenters. The van der Waals surface area contributed by atoms with E-state index in [4.69, 9.17) is 23.1 Å². The fourth-order valence-electron chi connectivity index (χ4n) is 1.51. The van der Waals surface area contributed by atoms with Crippen LogP contribution in [0.3, 0.4) is 0 Å². The molecule has 0 saturated heterocycles. The van der Waals surface area contributed by atoms with Gasteiger partial charge in [0.1, 0.15) is 6.54 Å². The topological polar surface area (TPSA) is 40.5 Å². The number of benzene rings is 1. The Morgan fingerprint density at radius 3 is 2.88 bits per heavy atom. The first-order valence-electron chi connectivity index (χ1n) is 5.29. The lowest BCUT2D eigenvalue weighted by atomic mass is 10.2. The number of rotatable bonds is 6. The first kappa shape index (κ1) is 13.4. The van der Waals surface area contributed by atoms with Gasteiger partial charge < -0.3 is 10.0 Å². The molecule has 0 aliphatic heterocycles. The molecule has 1 aromatic rings. The fourth-order valence-corrected chi connectivity index (χ4v) is 1.69. The first-order valence-corrected chi connectivity index (χ1v) is 5.67. The summed E-state index contributed by atoms with van der Waals surface area (Å²) in [6.45, 7) is 0.557. The average Bonchev–Trinajstić information content (AvgIpc) is 2.27. The molecular weight excluding hydrogens is 238 g/mol. The van der Waals surface area contributed by atoms with Crippen molar-refractivity contribution in [2.75, 3.05) is 18.0 Å². The van der Waals surface area contributed by atoms with Gasteiger partial charge in [0.2, 0.25) is 0 Å². The molecular formula is C13H14ClNO2. The molecule has 4 heteroatoms. The summed E-state index contributed by atoms with van der Waals surface area (Å²) in [5.41, 5.74) is 0.803. The summed E-state index contributed by atoms with van der Waals surface area (Å²) < 4.78 is 0. The highest BCUT2D eigenvalue weighted by molar-refractivity contribution is 6.30. The minimum atomic E-state index is -0.870. The minimum absolute atomic E-state index is 0.0507. The van der Waals surface area contributed by atoms with Crippen molar-refractivity contribution in [3.05, 3.63) is 29.3 Å². The van der Waals surface area contributed by atoms with Gasteiger partial charge >= 0.3 is 5.97 Å². The number of carbonyl (C=O) groups is 1. The summed E-state index contributed by atoms with van der Waals surface area (Å²) in [6.07, 6.45) is 6.57. The van der Waals surface area contributed by atoms with Crippen molar-refractivity contribution >= 4 is 23.3 Å². The Hall–Kier alpha value is -1.66. The van der Waals surface area contributed by atoms with Crippen LogP contribution in [-0.2, 0) is 4.79 Å². The van der Waals surface area contributed by atoms with Crippen LogP contribution in [0.25, 0.3) is 0 Å². The van der Waals surface area contributed by atoms with E-state index >= 15 is 0 Å². The molecule has 17 heavy (non-hydrogen) atoms. The molecule has 0 aromatic heterocycles. The molecule has 0 fully saturated rings. The highest BCUT2D eigenvalue weighted by atomic mass is 35.5. The number of terminal acetylenes is 1. The SMILES string of the molecule is C#CCCCN(CC(=O)O)c1cccc(Cl)c1. The third-order valence-corrected chi connectivity index (χ3v) is 2.48. The fraction of sp³-hybridized carbons (Fsp3) is 0.308. The molecule has 1 rings (SSSR count). The van der Waals surface area contributed by atoms with Crippen LogP contribution in [0, 0.1) is 12.3 Å². The second kappa shape index (κ2) is 6.82. The smallest absolute Gasteiger partial charge is 0.323 e. The molecule has 0 atom stereocenters. The maximum Gasteiger partial charge on any atom is 0.323 e. The summed E-state index contributed by atoms with van der Waals surface area (Å²) in [7, 11) is 0. The van der Waals surface area contributed by atoms with Gasteiger partial charge in [-0.05, 0) is 24.6 Å². The Bertz CT molecular complexity index is 426. The molecule has 0 saturated carbocycles. The number of nitrogens with zero attached hydrogens (tertiary/aromatic N) is 1. The quantitative estimate of drug-likeness (QED) is 0.624. The minimum Gasteiger partial charge on any atom is -0.480 e. The molecule has 1 aromatic carbocycles. The summed E-state index contributed by atoms with van der Waals surface area (Å²) >= 11 is 5.88. The van der Waals surface area contributed by atoms with Crippen molar-refractivity contribution in [2.45, 2.75) is 12.8 Å². The number of unbranched alkanes of at least 4 members (excludes halogenated alkanes) is 1. The lowest BCUT2D eigenvalue weighted by Gasteiger charge is -2.22. The number of hydrogen-bond donors (Lipinski definition) is 1. The lowest BCUT2D eigenvalue weighted by Crippen LogP contribution is -2.30. The third-order valence-electron chi connectivity index (χ3n) is 2.25. The number of carboxylic acids is 1. The number of halogens is 1. The normalized spacial score (nSPS) is 9.65. The van der Waals surface area contributed by atoms with Gasteiger partial charge in [0.15, 0.2) is 0 Å². The summed E-state index contributed by atoms with van der Waals surface area (Å²) in [4.78, 5) is 12.5. The Balaban J connectivity index is 2.75. The Kier molecular flexibility index (Phi) is 5.38. The molecule has 0 radical (unpaired) electrons. The molecule has 0 amide bonds. The van der Waals surface area contributed by atoms with Crippen LogP contribution in [0.1, 0.15) is 12.8 Å². The van der Waals surface area contributed by atoms with Crippen molar-refractivity contribution in [3.8, 4) is 12.3 Å². The van der Waals surface area contributed by atoms with Gasteiger partial charge in [0.25, 0.3) is 0 Å². The van der Waals surface area contributed by atoms with Crippen molar-refractivity contribution in [1.82, 2.24) is 0 Å². The largest absolute Gasteiger partial charge is 0.480 e. The third kappa shape index (κ3) is 4.80. The zero-order valence-corrected chi connectivity index (χ0v) is 10.2. The predicted octanol–water partition coefficient (Wildman–Crippen LogP) is 2.64. The molecule has 0 aliphatic carbocycles. The van der Waals surface area contributed by atoms with Crippen molar-refractivity contribution < 1.29 is 9.90 Å². The van der Waals surface area contributed by atoms with E-state index in [9.17, 15) is 4.79 Å². The molecule has 0 aliphatic rings. The van der Waals surface area contributed by atoms with E-state index in [1.807, 2.05) is 6.07 Å². The molecule has 1 N–H and O–H groups in total. The van der Waals surface area contributed by atoms with Crippen LogP contribution in [0.4, 0.5) is 5.69 Å². The molecule has 0 bridgehead atoms. The number of anilines is 1. The molecule has 3 nitrogen and oxygen atoms in total. The standard InChI is InChI=1S/C13H14ClNO2/c1-2-3-4-8-15(10-13(16)17)12-7-5-6-11(14)9-12/h1,5-7,9H,3-4,8,10H2,(H,16,17). The Labute approximate surface area is 106 Å². The van der Waals surface area contributed by atoms with Crippen LogP contribution < -0.4 is 4.90 Å². The number of hydrogen-bond acceptors (Lipinski definition) is 2. The van der Waals surface area contributed by atoms with Gasteiger partial charge in [-0.15, -0.1) is 12.3 Å². The second-order valence-corrected chi connectivity index (χ2v) is 4.04. The van der Waals surface area contributed by atoms with E-state index in [1.165, 1.54) is 0 Å². The van der Waals surface area contributed by atoms with Crippen LogP contribution in [-0.4, -0.2) is 24.2 Å². The van der Waals surface area contributed by atoms with E-state index in [2.05, 4.69) is 5.92 Å². The maximum atomic E-state index is 10.8. The highest BCUT2D eigenvalue weighted by Gasteiger charge is 2.10. The Morgan fingerprint density at radius 2 is 2.29 bits per heavy atom. The molecule has 0 spiro atoms. The van der Waals surface area contributed by atoms with Gasteiger partial charge in [-0.1, -0.05) is 17.7 Å². The first-order chi connectivity index (χ1) is 8.13.